The first kappa shape index (κ1) is 26.2. The predicted octanol–water partition coefficient (Wildman–Crippen LogP) is 3.04. The van der Waals surface area contributed by atoms with Crippen LogP contribution in [0.2, 0.25) is 0 Å². The van der Waals surface area contributed by atoms with Gasteiger partial charge in [0.2, 0.25) is 5.91 Å². The summed E-state index contributed by atoms with van der Waals surface area (Å²) in [6, 6.07) is 18.2. The van der Waals surface area contributed by atoms with Crippen molar-refractivity contribution in [3.63, 3.8) is 0 Å². The summed E-state index contributed by atoms with van der Waals surface area (Å²) in [5, 5.41) is 5.24. The number of hydrogen-bond donors (Lipinski definition) is 2. The lowest BCUT2D eigenvalue weighted by Gasteiger charge is -2.36. The quantitative estimate of drug-likeness (QED) is 0.481. The molecule has 35 heavy (non-hydrogen) atoms. The molecule has 0 saturated carbocycles. The lowest BCUT2D eigenvalue weighted by Crippen LogP contribution is -2.45. The zero-order chi connectivity index (χ0) is 25.0. The number of carbonyl (C=O) groups excluding carboxylic acids is 3. The second-order valence-corrected chi connectivity index (χ2v) is 9.21. The number of hydrogen-bond acceptors (Lipinski definition) is 6. The molecule has 2 aromatic carbocycles. The third-order valence-electron chi connectivity index (χ3n) is 5.88. The summed E-state index contributed by atoms with van der Waals surface area (Å²) in [5.74, 6) is -0.843. The van der Waals surface area contributed by atoms with Crippen molar-refractivity contribution in [3.8, 4) is 0 Å². The van der Waals surface area contributed by atoms with Crippen molar-refractivity contribution in [2.45, 2.75) is 33.2 Å². The summed E-state index contributed by atoms with van der Waals surface area (Å²) in [6.45, 7) is 8.28. The molecule has 1 aliphatic rings. The molecule has 8 nitrogen and oxygen atoms in total. The summed E-state index contributed by atoms with van der Waals surface area (Å²) < 4.78 is 4.94. The van der Waals surface area contributed by atoms with Crippen molar-refractivity contribution in [3.05, 3.63) is 60.2 Å². The van der Waals surface area contributed by atoms with Gasteiger partial charge in [0.25, 0.3) is 5.91 Å². The number of amides is 2. The second-order valence-electron chi connectivity index (χ2n) is 9.21. The Bertz CT molecular complexity index is 955. The molecule has 1 fully saturated rings. The van der Waals surface area contributed by atoms with Crippen LogP contribution in [-0.2, 0) is 25.7 Å². The van der Waals surface area contributed by atoms with E-state index in [2.05, 4.69) is 44.7 Å². The number of carbonyl (C=O) groups is 3. The number of nitrogens with one attached hydrogen (secondary N) is 2. The van der Waals surface area contributed by atoms with Crippen LogP contribution in [0.5, 0.6) is 0 Å². The van der Waals surface area contributed by atoms with E-state index in [4.69, 9.17) is 4.74 Å². The fraction of sp³-hybridized carbons (Fsp3) is 0.444. The van der Waals surface area contributed by atoms with Crippen molar-refractivity contribution in [1.82, 2.24) is 10.2 Å². The third kappa shape index (κ3) is 9.41. The number of nitrogens with zero attached hydrogens (tertiary/aromatic N) is 2. The van der Waals surface area contributed by atoms with Gasteiger partial charge < -0.3 is 20.3 Å². The summed E-state index contributed by atoms with van der Waals surface area (Å²) in [4.78, 5) is 40.3. The number of ether oxygens (including phenoxy) is 1. The maximum absolute atomic E-state index is 12.1. The number of esters is 1. The summed E-state index contributed by atoms with van der Waals surface area (Å²) >= 11 is 0. The Kier molecular flexibility index (Phi) is 10.1. The second kappa shape index (κ2) is 13.5. The fourth-order valence-electron chi connectivity index (χ4n) is 3.83. The van der Waals surface area contributed by atoms with Crippen molar-refractivity contribution >= 4 is 29.2 Å². The highest BCUT2D eigenvalue weighted by atomic mass is 16.5. The van der Waals surface area contributed by atoms with Gasteiger partial charge in [-0.2, -0.15) is 0 Å². The first-order valence-corrected chi connectivity index (χ1v) is 12.2. The van der Waals surface area contributed by atoms with E-state index in [1.54, 1.807) is 0 Å². The van der Waals surface area contributed by atoms with Gasteiger partial charge in [-0.15, -0.1) is 0 Å². The molecule has 0 aromatic heterocycles. The average molecular weight is 481 g/mol. The molecule has 188 valence electrons. The van der Waals surface area contributed by atoms with Gasteiger partial charge in [-0.1, -0.05) is 44.2 Å². The molecule has 2 aromatic rings. The summed E-state index contributed by atoms with van der Waals surface area (Å²) in [5.41, 5.74) is 3.08. The molecule has 8 heteroatoms. The molecule has 0 aliphatic carbocycles. The van der Waals surface area contributed by atoms with Crippen LogP contribution in [0.15, 0.2) is 54.6 Å². The SMILES string of the molecule is CC(C)CCC(=O)NCC(=O)OCC(=O)Nc1ccc(N2CCN(Cc3ccccc3)CC2)cc1. The van der Waals surface area contributed by atoms with E-state index in [0.29, 0.717) is 18.0 Å². The van der Waals surface area contributed by atoms with E-state index in [0.717, 1.165) is 44.8 Å². The van der Waals surface area contributed by atoms with Crippen LogP contribution < -0.4 is 15.5 Å². The molecule has 0 spiro atoms. The van der Waals surface area contributed by atoms with Gasteiger partial charge in [0.1, 0.15) is 6.54 Å². The van der Waals surface area contributed by atoms with Gasteiger partial charge in [0, 0.05) is 50.5 Å². The smallest absolute Gasteiger partial charge is 0.325 e. The zero-order valence-corrected chi connectivity index (χ0v) is 20.7. The molecule has 0 radical (unpaired) electrons. The van der Waals surface area contributed by atoms with Crippen LogP contribution in [0.1, 0.15) is 32.3 Å². The van der Waals surface area contributed by atoms with Crippen molar-refractivity contribution in [2.24, 2.45) is 5.92 Å². The molecule has 1 saturated heterocycles. The van der Waals surface area contributed by atoms with Crippen LogP contribution >= 0.6 is 0 Å². The molecule has 0 bridgehead atoms. The van der Waals surface area contributed by atoms with Gasteiger partial charge in [0.05, 0.1) is 0 Å². The highest BCUT2D eigenvalue weighted by Gasteiger charge is 2.17. The minimum absolute atomic E-state index is 0.196. The Morgan fingerprint density at radius 1 is 0.914 bits per heavy atom. The van der Waals surface area contributed by atoms with Crippen LogP contribution in [0.4, 0.5) is 11.4 Å². The largest absolute Gasteiger partial charge is 0.454 e. The lowest BCUT2D eigenvalue weighted by atomic mass is 10.1. The van der Waals surface area contributed by atoms with Crippen LogP contribution in [0, 0.1) is 5.92 Å². The molecular weight excluding hydrogens is 444 g/mol. The van der Waals surface area contributed by atoms with E-state index in [1.165, 1.54) is 5.56 Å². The van der Waals surface area contributed by atoms with E-state index in [1.807, 2.05) is 44.2 Å². The van der Waals surface area contributed by atoms with E-state index in [9.17, 15) is 14.4 Å². The monoisotopic (exact) mass is 480 g/mol. The minimum Gasteiger partial charge on any atom is -0.454 e. The summed E-state index contributed by atoms with van der Waals surface area (Å²) in [6.07, 6.45) is 1.12. The Morgan fingerprint density at radius 2 is 1.60 bits per heavy atom. The topological polar surface area (TPSA) is 91.0 Å². The highest BCUT2D eigenvalue weighted by molar-refractivity contribution is 5.93. The molecule has 2 amide bonds. The van der Waals surface area contributed by atoms with Crippen molar-refractivity contribution < 1.29 is 19.1 Å². The number of rotatable bonds is 11. The van der Waals surface area contributed by atoms with Gasteiger partial charge in [-0.25, -0.2) is 0 Å². The summed E-state index contributed by atoms with van der Waals surface area (Å²) in [7, 11) is 0. The van der Waals surface area contributed by atoms with Crippen molar-refractivity contribution in [2.75, 3.05) is 49.5 Å². The van der Waals surface area contributed by atoms with Gasteiger partial charge in [0.15, 0.2) is 6.61 Å². The molecule has 1 heterocycles. The Labute approximate surface area is 207 Å². The van der Waals surface area contributed by atoms with Gasteiger partial charge in [-0.05, 0) is 42.2 Å². The van der Waals surface area contributed by atoms with Gasteiger partial charge >= 0.3 is 5.97 Å². The standard InChI is InChI=1S/C27H36N4O4/c1-21(2)8-13-25(32)28-18-27(34)35-20-26(33)29-23-9-11-24(12-10-23)31-16-14-30(15-17-31)19-22-6-4-3-5-7-22/h3-7,9-12,21H,8,13-20H2,1-2H3,(H,28,32)(H,29,33). The lowest BCUT2D eigenvalue weighted by molar-refractivity contribution is -0.147. The molecule has 3 rings (SSSR count). The molecule has 0 atom stereocenters. The maximum Gasteiger partial charge on any atom is 0.325 e. The predicted molar refractivity (Wildman–Crippen MR) is 137 cm³/mol. The van der Waals surface area contributed by atoms with E-state index < -0.39 is 18.5 Å². The third-order valence-corrected chi connectivity index (χ3v) is 5.88. The van der Waals surface area contributed by atoms with Crippen LogP contribution in [-0.4, -0.2) is 62.0 Å². The van der Waals surface area contributed by atoms with Crippen molar-refractivity contribution in [1.29, 1.82) is 0 Å². The number of piperazine rings is 1. The maximum atomic E-state index is 12.1. The molecular formula is C27H36N4O4. The first-order valence-electron chi connectivity index (χ1n) is 12.2. The van der Waals surface area contributed by atoms with Crippen LogP contribution in [0.3, 0.4) is 0 Å². The highest BCUT2D eigenvalue weighted by Crippen LogP contribution is 2.20. The average Bonchev–Trinajstić information content (AvgIpc) is 2.86. The molecule has 1 aliphatic heterocycles. The Balaban J connectivity index is 1.34. The number of anilines is 2. The zero-order valence-electron chi connectivity index (χ0n) is 20.7. The molecule has 0 unspecified atom stereocenters. The van der Waals surface area contributed by atoms with E-state index in [-0.39, 0.29) is 12.5 Å². The van der Waals surface area contributed by atoms with Crippen LogP contribution in [0.25, 0.3) is 0 Å². The first-order chi connectivity index (χ1) is 16.9. The van der Waals surface area contributed by atoms with Gasteiger partial charge in [-0.3, -0.25) is 19.3 Å². The Hall–Kier alpha value is -3.39. The minimum atomic E-state index is -0.639. The molecule has 2 N–H and O–H groups in total. The van der Waals surface area contributed by atoms with E-state index >= 15 is 0 Å². The Morgan fingerprint density at radius 3 is 2.26 bits per heavy atom. The normalized spacial score (nSPS) is 14.0. The fourth-order valence-corrected chi connectivity index (χ4v) is 3.83. The number of benzene rings is 2.